The number of sulfonamides is 1. The Morgan fingerprint density at radius 2 is 1.81 bits per heavy atom. The van der Waals surface area contributed by atoms with E-state index in [0.717, 1.165) is 22.9 Å². The van der Waals surface area contributed by atoms with E-state index in [4.69, 9.17) is 0 Å². The summed E-state index contributed by atoms with van der Waals surface area (Å²) in [6.07, 6.45) is 1.76. The van der Waals surface area contributed by atoms with Crippen molar-refractivity contribution in [3.63, 3.8) is 0 Å². The summed E-state index contributed by atoms with van der Waals surface area (Å²) in [7, 11) is -1.82. The summed E-state index contributed by atoms with van der Waals surface area (Å²) < 4.78 is 27.8. The Bertz CT molecular complexity index is 909. The molecule has 0 aromatic heterocycles. The molecule has 1 aliphatic heterocycles. The fourth-order valence-electron chi connectivity index (χ4n) is 3.04. The average Bonchev–Trinajstić information content (AvgIpc) is 3.18. The van der Waals surface area contributed by atoms with Gasteiger partial charge in [-0.05, 0) is 42.7 Å². The summed E-state index contributed by atoms with van der Waals surface area (Å²) in [6.45, 7) is 1.52. The van der Waals surface area contributed by atoms with Crippen LogP contribution in [-0.4, -0.2) is 43.7 Å². The van der Waals surface area contributed by atoms with Crippen LogP contribution in [0.3, 0.4) is 0 Å². The van der Waals surface area contributed by atoms with Gasteiger partial charge in [0, 0.05) is 36.7 Å². The zero-order valence-electron chi connectivity index (χ0n) is 14.6. The van der Waals surface area contributed by atoms with Crippen molar-refractivity contribution in [1.82, 2.24) is 9.21 Å². The van der Waals surface area contributed by atoms with Crippen LogP contribution in [0.4, 0.5) is 0 Å². The van der Waals surface area contributed by atoms with E-state index in [-0.39, 0.29) is 10.8 Å². The van der Waals surface area contributed by atoms with Crippen molar-refractivity contribution in [3.8, 4) is 0 Å². The molecule has 1 heterocycles. The van der Waals surface area contributed by atoms with Crippen molar-refractivity contribution in [2.75, 3.05) is 20.1 Å². The number of carbonyl (C=O) groups is 1. The van der Waals surface area contributed by atoms with Crippen LogP contribution >= 0.6 is 15.9 Å². The van der Waals surface area contributed by atoms with E-state index in [1.807, 2.05) is 24.3 Å². The third-order valence-corrected chi connectivity index (χ3v) is 7.16. The van der Waals surface area contributed by atoms with Gasteiger partial charge in [-0.3, -0.25) is 4.79 Å². The average molecular weight is 437 g/mol. The Labute approximate surface area is 162 Å². The van der Waals surface area contributed by atoms with E-state index in [9.17, 15) is 13.2 Å². The molecule has 5 nitrogen and oxygen atoms in total. The SMILES string of the molecule is CN(Cc1ccccc1Br)C(=O)c1cccc(S(=O)(=O)N2CCCC2)c1. The van der Waals surface area contributed by atoms with E-state index in [1.165, 1.54) is 10.4 Å². The van der Waals surface area contributed by atoms with Crippen LogP contribution in [0, 0.1) is 0 Å². The zero-order chi connectivity index (χ0) is 18.7. The minimum absolute atomic E-state index is 0.180. The molecule has 26 heavy (non-hydrogen) atoms. The normalized spacial score (nSPS) is 15.2. The Balaban J connectivity index is 1.81. The fourth-order valence-corrected chi connectivity index (χ4v) is 5.02. The van der Waals surface area contributed by atoms with Gasteiger partial charge >= 0.3 is 0 Å². The number of carbonyl (C=O) groups excluding carboxylic acids is 1. The van der Waals surface area contributed by atoms with Gasteiger partial charge in [0.1, 0.15) is 0 Å². The molecule has 0 saturated carbocycles. The topological polar surface area (TPSA) is 57.7 Å². The van der Waals surface area contributed by atoms with Crippen molar-refractivity contribution < 1.29 is 13.2 Å². The lowest BCUT2D eigenvalue weighted by Crippen LogP contribution is -2.29. The second kappa shape index (κ2) is 7.90. The highest BCUT2D eigenvalue weighted by Gasteiger charge is 2.27. The number of hydrogen-bond acceptors (Lipinski definition) is 3. The molecule has 3 rings (SSSR count). The maximum atomic E-state index is 12.8. The van der Waals surface area contributed by atoms with E-state index in [1.54, 1.807) is 30.1 Å². The highest BCUT2D eigenvalue weighted by molar-refractivity contribution is 9.10. The van der Waals surface area contributed by atoms with Crippen LogP contribution in [0.25, 0.3) is 0 Å². The van der Waals surface area contributed by atoms with Crippen molar-refractivity contribution in [3.05, 3.63) is 64.1 Å². The quantitative estimate of drug-likeness (QED) is 0.720. The van der Waals surface area contributed by atoms with E-state index in [0.29, 0.717) is 25.2 Å². The van der Waals surface area contributed by atoms with E-state index in [2.05, 4.69) is 15.9 Å². The summed E-state index contributed by atoms with van der Waals surface area (Å²) in [5.74, 6) is -0.209. The summed E-state index contributed by atoms with van der Waals surface area (Å²) in [4.78, 5) is 14.5. The number of hydrogen-bond donors (Lipinski definition) is 0. The number of amides is 1. The predicted molar refractivity (Wildman–Crippen MR) is 104 cm³/mol. The second-order valence-corrected chi connectivity index (χ2v) is 9.18. The minimum Gasteiger partial charge on any atom is -0.337 e. The molecular weight excluding hydrogens is 416 g/mol. The van der Waals surface area contributed by atoms with E-state index >= 15 is 0 Å². The first-order chi connectivity index (χ1) is 12.4. The summed E-state index contributed by atoms with van der Waals surface area (Å²) in [5.41, 5.74) is 1.36. The molecule has 0 unspecified atom stereocenters. The number of benzene rings is 2. The van der Waals surface area contributed by atoms with Crippen LogP contribution in [0.15, 0.2) is 57.9 Å². The molecule has 0 atom stereocenters. The smallest absolute Gasteiger partial charge is 0.253 e. The Morgan fingerprint density at radius 3 is 2.50 bits per heavy atom. The monoisotopic (exact) mass is 436 g/mol. The van der Waals surface area contributed by atoms with Gasteiger partial charge in [-0.1, -0.05) is 40.2 Å². The number of halogens is 1. The van der Waals surface area contributed by atoms with Crippen LogP contribution in [-0.2, 0) is 16.6 Å². The van der Waals surface area contributed by atoms with Gasteiger partial charge in [0.05, 0.1) is 4.90 Å². The van der Waals surface area contributed by atoms with E-state index < -0.39 is 10.0 Å². The molecule has 0 spiro atoms. The lowest BCUT2D eigenvalue weighted by molar-refractivity contribution is 0.0784. The third-order valence-electron chi connectivity index (χ3n) is 4.50. The minimum atomic E-state index is -3.53. The van der Waals surface area contributed by atoms with Crippen LogP contribution in [0.2, 0.25) is 0 Å². The first-order valence-corrected chi connectivity index (χ1v) is 10.7. The molecule has 7 heteroatoms. The molecule has 0 N–H and O–H groups in total. The molecule has 1 fully saturated rings. The lowest BCUT2D eigenvalue weighted by atomic mass is 10.1. The first-order valence-electron chi connectivity index (χ1n) is 8.48. The molecule has 0 radical (unpaired) electrons. The summed E-state index contributed by atoms with van der Waals surface area (Å²) in [5, 5.41) is 0. The summed E-state index contributed by atoms with van der Waals surface area (Å²) >= 11 is 3.48. The third kappa shape index (κ3) is 4.00. The second-order valence-electron chi connectivity index (χ2n) is 6.39. The van der Waals surface area contributed by atoms with Gasteiger partial charge in [-0.2, -0.15) is 4.31 Å². The largest absolute Gasteiger partial charge is 0.337 e. The summed E-state index contributed by atoms with van der Waals surface area (Å²) in [6, 6.07) is 14.0. The van der Waals surface area contributed by atoms with Crippen molar-refractivity contribution in [2.45, 2.75) is 24.3 Å². The van der Waals surface area contributed by atoms with Gasteiger partial charge in [0.2, 0.25) is 10.0 Å². The maximum Gasteiger partial charge on any atom is 0.253 e. The van der Waals surface area contributed by atoms with Gasteiger partial charge in [0.15, 0.2) is 0 Å². The van der Waals surface area contributed by atoms with Crippen LogP contribution in [0.1, 0.15) is 28.8 Å². The van der Waals surface area contributed by atoms with Gasteiger partial charge in [0.25, 0.3) is 5.91 Å². The molecule has 0 bridgehead atoms. The van der Waals surface area contributed by atoms with Gasteiger partial charge in [-0.25, -0.2) is 8.42 Å². The van der Waals surface area contributed by atoms with Crippen LogP contribution < -0.4 is 0 Å². The standard InChI is InChI=1S/C19H21BrN2O3S/c1-21(14-16-7-2-3-10-18(16)20)19(23)15-8-6-9-17(13-15)26(24,25)22-11-4-5-12-22/h2-3,6-10,13H,4-5,11-12,14H2,1H3. The highest BCUT2D eigenvalue weighted by Crippen LogP contribution is 2.23. The fraction of sp³-hybridized carbons (Fsp3) is 0.316. The molecular formula is C19H21BrN2O3S. The molecule has 1 aliphatic rings. The molecule has 2 aromatic rings. The van der Waals surface area contributed by atoms with Gasteiger partial charge < -0.3 is 4.90 Å². The molecule has 138 valence electrons. The molecule has 1 amide bonds. The maximum absolute atomic E-state index is 12.8. The highest BCUT2D eigenvalue weighted by atomic mass is 79.9. The van der Waals surface area contributed by atoms with Crippen molar-refractivity contribution in [1.29, 1.82) is 0 Å². The number of rotatable bonds is 5. The van der Waals surface area contributed by atoms with Crippen LogP contribution in [0.5, 0.6) is 0 Å². The molecule has 2 aromatic carbocycles. The lowest BCUT2D eigenvalue weighted by Gasteiger charge is -2.19. The van der Waals surface area contributed by atoms with Gasteiger partial charge in [-0.15, -0.1) is 0 Å². The molecule has 0 aliphatic carbocycles. The van der Waals surface area contributed by atoms with Crippen molar-refractivity contribution in [2.24, 2.45) is 0 Å². The molecule has 1 saturated heterocycles. The Kier molecular flexibility index (Phi) is 5.79. The number of nitrogens with zero attached hydrogens (tertiary/aromatic N) is 2. The predicted octanol–water partition coefficient (Wildman–Crippen LogP) is 3.51. The first kappa shape index (κ1) is 19.1. The Morgan fingerprint density at radius 1 is 1.12 bits per heavy atom. The Hall–Kier alpha value is -1.70. The zero-order valence-corrected chi connectivity index (χ0v) is 17.0. The van der Waals surface area contributed by atoms with Crippen molar-refractivity contribution >= 4 is 31.9 Å².